The number of hydrogen-bond acceptors (Lipinski definition) is 7. The van der Waals surface area contributed by atoms with Gasteiger partial charge < -0.3 is 25.2 Å². The van der Waals surface area contributed by atoms with Crippen molar-refractivity contribution < 1.29 is 36.8 Å². The van der Waals surface area contributed by atoms with E-state index in [4.69, 9.17) is 15.0 Å². The van der Waals surface area contributed by atoms with Gasteiger partial charge in [0.05, 0.1) is 35.5 Å². The highest BCUT2D eigenvalue weighted by molar-refractivity contribution is 6.21. The van der Waals surface area contributed by atoms with Gasteiger partial charge >= 0.3 is 6.18 Å². The van der Waals surface area contributed by atoms with Gasteiger partial charge in [0.1, 0.15) is 12.0 Å². The summed E-state index contributed by atoms with van der Waals surface area (Å²) in [6.45, 7) is 2.09. The van der Waals surface area contributed by atoms with Crippen molar-refractivity contribution in [2.45, 2.75) is 44.4 Å². The van der Waals surface area contributed by atoms with E-state index in [1.807, 2.05) is 6.07 Å². The number of benzene rings is 2. The summed E-state index contributed by atoms with van der Waals surface area (Å²) in [6.07, 6.45) is -6.70. The highest BCUT2D eigenvalue weighted by Crippen LogP contribution is 2.39. The molecule has 0 saturated heterocycles. The molecule has 0 radical (unpaired) electrons. The first-order valence-electron chi connectivity index (χ1n) is 13.3. The minimum atomic E-state index is -4.62. The van der Waals surface area contributed by atoms with Gasteiger partial charge in [-0.3, -0.25) is 14.4 Å². The second-order valence-electron chi connectivity index (χ2n) is 10.1. The number of ether oxygens (including phenoxy) is 1. The quantitative estimate of drug-likeness (QED) is 0.415. The number of halogens is 3. The first-order valence-corrected chi connectivity index (χ1v) is 13.3. The Morgan fingerprint density at radius 2 is 1.93 bits per heavy atom. The third-order valence-electron chi connectivity index (χ3n) is 7.30. The second-order valence-corrected chi connectivity index (χ2v) is 10.1. The Balaban J connectivity index is 1.58. The Kier molecular flexibility index (Phi) is 8.01. The number of carbonyl (C=O) groups is 3. The SMILES string of the molecule is Cc1nocc1[C@H](C(N)=O)[C@@H](CCC(F)(F)F)C(=O)N[C@H]1N=C(c2ccccc2)c2cccc3c2N(CCCO3)C1=O. The van der Waals surface area contributed by atoms with Gasteiger partial charge in [0.2, 0.25) is 18.0 Å². The molecule has 3 aromatic rings. The molecule has 2 aliphatic rings. The van der Waals surface area contributed by atoms with Crippen molar-refractivity contribution in [2.24, 2.45) is 16.6 Å². The summed E-state index contributed by atoms with van der Waals surface area (Å²) in [6, 6.07) is 14.3. The average Bonchev–Trinajstić information content (AvgIpc) is 3.18. The Hall–Kier alpha value is -4.68. The summed E-state index contributed by atoms with van der Waals surface area (Å²) in [7, 11) is 0. The molecular formula is C29H28F3N5O5. The van der Waals surface area contributed by atoms with E-state index in [9.17, 15) is 27.6 Å². The number of rotatable bonds is 8. The second kappa shape index (κ2) is 11.7. The molecule has 42 heavy (non-hydrogen) atoms. The zero-order valence-electron chi connectivity index (χ0n) is 22.6. The standard InChI is InChI=1S/C29H28F3N5O5/c1-16-20(15-42-36-16)22(25(33)38)18(11-12-29(30,31)32)27(39)35-26-28(40)37-13-6-14-41-21-10-5-9-19(24(21)37)23(34-26)17-7-3-2-4-8-17/h2-5,7-10,15,18,22,26H,6,11-14H2,1H3,(H2,33,38)(H,35,39)/t18-,22-,26-/m1/s1. The lowest BCUT2D eigenvalue weighted by molar-refractivity contribution is -0.144. The number of anilines is 1. The van der Waals surface area contributed by atoms with Crippen LogP contribution in [0.5, 0.6) is 5.75 Å². The minimum absolute atomic E-state index is 0.0900. The van der Waals surface area contributed by atoms with Gasteiger partial charge in [-0.1, -0.05) is 47.6 Å². The minimum Gasteiger partial charge on any atom is -0.491 e. The van der Waals surface area contributed by atoms with E-state index in [1.165, 1.54) is 11.8 Å². The first-order chi connectivity index (χ1) is 20.0. The largest absolute Gasteiger partial charge is 0.491 e. The fraction of sp³-hybridized carbons (Fsp3) is 0.345. The van der Waals surface area contributed by atoms with Crippen molar-refractivity contribution in [1.29, 1.82) is 0 Å². The van der Waals surface area contributed by atoms with Crippen LogP contribution in [-0.2, 0) is 14.4 Å². The average molecular weight is 584 g/mol. The number of aryl methyl sites for hydroxylation is 1. The zero-order valence-corrected chi connectivity index (χ0v) is 22.6. The van der Waals surface area contributed by atoms with Crippen LogP contribution in [0.3, 0.4) is 0 Å². The van der Waals surface area contributed by atoms with Gasteiger partial charge in [0.15, 0.2) is 0 Å². The number of aliphatic imine (C=N–C) groups is 1. The van der Waals surface area contributed by atoms with Crippen molar-refractivity contribution in [1.82, 2.24) is 10.5 Å². The molecular weight excluding hydrogens is 555 g/mol. The molecule has 0 aliphatic carbocycles. The Morgan fingerprint density at radius 1 is 1.17 bits per heavy atom. The Bertz CT molecular complexity index is 1520. The summed E-state index contributed by atoms with van der Waals surface area (Å²) in [5.74, 6) is -5.25. The molecule has 10 nitrogen and oxygen atoms in total. The molecule has 2 aliphatic heterocycles. The van der Waals surface area contributed by atoms with Crippen molar-refractivity contribution >= 4 is 29.1 Å². The molecule has 0 saturated carbocycles. The number of hydrogen-bond donors (Lipinski definition) is 2. The van der Waals surface area contributed by atoms with Crippen LogP contribution in [0.25, 0.3) is 0 Å². The summed E-state index contributed by atoms with van der Waals surface area (Å²) in [5, 5.41) is 6.23. The van der Waals surface area contributed by atoms with Crippen LogP contribution >= 0.6 is 0 Å². The smallest absolute Gasteiger partial charge is 0.389 e. The van der Waals surface area contributed by atoms with Gasteiger partial charge in [-0.05, 0) is 25.8 Å². The van der Waals surface area contributed by atoms with E-state index >= 15 is 0 Å². The molecule has 3 heterocycles. The van der Waals surface area contributed by atoms with Crippen molar-refractivity contribution in [3.8, 4) is 5.75 Å². The maximum absolute atomic E-state index is 14.0. The number of nitrogens with two attached hydrogens (primary N) is 1. The molecule has 3 amide bonds. The lowest BCUT2D eigenvalue weighted by Crippen LogP contribution is -2.50. The van der Waals surface area contributed by atoms with Gasteiger partial charge in [-0.15, -0.1) is 0 Å². The summed E-state index contributed by atoms with van der Waals surface area (Å²) in [5.41, 5.74) is 8.01. The maximum Gasteiger partial charge on any atom is 0.389 e. The van der Waals surface area contributed by atoms with E-state index in [1.54, 1.807) is 42.5 Å². The third kappa shape index (κ3) is 5.85. The number of para-hydroxylation sites is 1. The summed E-state index contributed by atoms with van der Waals surface area (Å²) < 4.78 is 50.8. The van der Waals surface area contributed by atoms with E-state index in [0.29, 0.717) is 41.3 Å². The van der Waals surface area contributed by atoms with Crippen LogP contribution in [0.4, 0.5) is 18.9 Å². The number of nitrogens with one attached hydrogen (secondary N) is 1. The van der Waals surface area contributed by atoms with E-state index in [-0.39, 0.29) is 17.8 Å². The molecule has 0 fully saturated rings. The van der Waals surface area contributed by atoms with Crippen LogP contribution in [0.2, 0.25) is 0 Å². The number of amides is 3. The van der Waals surface area contributed by atoms with Gasteiger partial charge in [0.25, 0.3) is 5.91 Å². The monoisotopic (exact) mass is 583 g/mol. The van der Waals surface area contributed by atoms with Crippen LogP contribution in [0, 0.1) is 12.8 Å². The van der Waals surface area contributed by atoms with Crippen molar-refractivity contribution in [3.63, 3.8) is 0 Å². The normalized spacial score (nSPS) is 18.1. The summed E-state index contributed by atoms with van der Waals surface area (Å²) in [4.78, 5) is 46.5. The topological polar surface area (TPSA) is 140 Å². The van der Waals surface area contributed by atoms with Crippen LogP contribution in [0.15, 0.2) is 64.3 Å². The van der Waals surface area contributed by atoms with Crippen LogP contribution < -0.4 is 20.7 Å². The molecule has 0 spiro atoms. The van der Waals surface area contributed by atoms with Gasteiger partial charge in [-0.25, -0.2) is 4.99 Å². The third-order valence-corrected chi connectivity index (χ3v) is 7.30. The highest BCUT2D eigenvalue weighted by atomic mass is 19.4. The molecule has 220 valence electrons. The molecule has 3 atom stereocenters. The molecule has 13 heteroatoms. The number of carbonyl (C=O) groups excluding carboxylic acids is 3. The molecule has 3 N–H and O–H groups in total. The van der Waals surface area contributed by atoms with Gasteiger partial charge in [-0.2, -0.15) is 13.2 Å². The lowest BCUT2D eigenvalue weighted by atomic mass is 9.82. The predicted octanol–water partition coefficient (Wildman–Crippen LogP) is 3.62. The Morgan fingerprint density at radius 3 is 2.60 bits per heavy atom. The van der Waals surface area contributed by atoms with Crippen LogP contribution in [-0.4, -0.2) is 54.1 Å². The number of aromatic nitrogens is 1. The number of nitrogens with zero attached hydrogens (tertiary/aromatic N) is 3. The molecule has 1 aromatic heterocycles. The molecule has 2 aromatic carbocycles. The number of primary amides is 1. The summed E-state index contributed by atoms with van der Waals surface area (Å²) >= 11 is 0. The predicted molar refractivity (Wildman–Crippen MR) is 145 cm³/mol. The van der Waals surface area contributed by atoms with Gasteiger partial charge in [0, 0.05) is 29.7 Å². The van der Waals surface area contributed by atoms with Crippen LogP contribution in [0.1, 0.15) is 47.6 Å². The van der Waals surface area contributed by atoms with E-state index < -0.39 is 54.7 Å². The lowest BCUT2D eigenvalue weighted by Gasteiger charge is -2.27. The zero-order chi connectivity index (χ0) is 30.0. The van der Waals surface area contributed by atoms with E-state index in [2.05, 4.69) is 15.5 Å². The highest BCUT2D eigenvalue weighted by Gasteiger charge is 2.42. The van der Waals surface area contributed by atoms with Crippen molar-refractivity contribution in [3.05, 3.63) is 77.2 Å². The first kappa shape index (κ1) is 28.8. The van der Waals surface area contributed by atoms with E-state index in [0.717, 1.165) is 6.26 Å². The maximum atomic E-state index is 14.0. The number of alkyl halides is 3. The fourth-order valence-electron chi connectivity index (χ4n) is 5.34. The Labute approximate surface area is 238 Å². The molecule has 0 bridgehead atoms. The fourth-order valence-corrected chi connectivity index (χ4v) is 5.34. The molecule has 0 unspecified atom stereocenters. The van der Waals surface area contributed by atoms with Crippen molar-refractivity contribution in [2.75, 3.05) is 18.1 Å². The molecule has 5 rings (SSSR count).